The third-order valence-corrected chi connectivity index (χ3v) is 3.74. The van der Waals surface area contributed by atoms with E-state index in [2.05, 4.69) is 30.9 Å². The molecule has 3 nitrogen and oxygen atoms in total. The molecule has 3 atom stereocenters. The van der Waals surface area contributed by atoms with Crippen molar-refractivity contribution in [3.63, 3.8) is 0 Å². The van der Waals surface area contributed by atoms with Crippen LogP contribution in [-0.4, -0.2) is 24.7 Å². The van der Waals surface area contributed by atoms with Crippen molar-refractivity contribution in [3.05, 3.63) is 29.8 Å². The van der Waals surface area contributed by atoms with Gasteiger partial charge in [-0.25, -0.2) is 0 Å². The van der Waals surface area contributed by atoms with Gasteiger partial charge in [-0.05, 0) is 36.0 Å². The summed E-state index contributed by atoms with van der Waals surface area (Å²) in [5.41, 5.74) is 7.61. The Morgan fingerprint density at radius 2 is 1.78 bits per heavy atom. The fourth-order valence-electron chi connectivity index (χ4n) is 2.92. The summed E-state index contributed by atoms with van der Waals surface area (Å²) in [7, 11) is 0. The van der Waals surface area contributed by atoms with Crippen LogP contribution in [0.5, 0.6) is 0 Å². The van der Waals surface area contributed by atoms with Gasteiger partial charge in [-0.2, -0.15) is 0 Å². The minimum Gasteiger partial charge on any atom is -0.387 e. The van der Waals surface area contributed by atoms with E-state index in [-0.39, 0.29) is 6.54 Å². The molecule has 0 bridgehead atoms. The lowest BCUT2D eigenvalue weighted by molar-refractivity contribution is 0.187. The fourth-order valence-corrected chi connectivity index (χ4v) is 2.92. The number of hydrogen-bond acceptors (Lipinski definition) is 3. The standard InChI is InChI=1S/C15H24N2O/c1-11-7-12(2)10-17(9-11)14-5-3-13(4-6-14)15(18)8-16/h3-6,11-12,15,18H,7-10,16H2,1-2H3. The summed E-state index contributed by atoms with van der Waals surface area (Å²) in [6.45, 7) is 7.16. The van der Waals surface area contributed by atoms with Crippen LogP contribution in [0.25, 0.3) is 0 Å². The van der Waals surface area contributed by atoms with Gasteiger partial charge in [-0.3, -0.25) is 0 Å². The van der Waals surface area contributed by atoms with E-state index in [1.807, 2.05) is 12.1 Å². The Morgan fingerprint density at radius 3 is 2.28 bits per heavy atom. The van der Waals surface area contributed by atoms with Crippen LogP contribution in [0, 0.1) is 11.8 Å². The molecule has 0 spiro atoms. The number of hydrogen-bond donors (Lipinski definition) is 2. The van der Waals surface area contributed by atoms with Gasteiger partial charge >= 0.3 is 0 Å². The van der Waals surface area contributed by atoms with Crippen molar-refractivity contribution >= 4 is 5.69 Å². The Bertz CT molecular complexity index is 367. The third-order valence-electron chi connectivity index (χ3n) is 3.74. The molecule has 3 unspecified atom stereocenters. The highest BCUT2D eigenvalue weighted by Crippen LogP contribution is 2.27. The smallest absolute Gasteiger partial charge is 0.0912 e. The van der Waals surface area contributed by atoms with Crippen molar-refractivity contribution in [2.24, 2.45) is 17.6 Å². The molecular weight excluding hydrogens is 224 g/mol. The molecule has 1 aliphatic heterocycles. The van der Waals surface area contributed by atoms with E-state index in [9.17, 15) is 5.11 Å². The maximum atomic E-state index is 9.68. The number of nitrogens with zero attached hydrogens (tertiary/aromatic N) is 1. The van der Waals surface area contributed by atoms with Gasteiger partial charge in [0.15, 0.2) is 0 Å². The first-order valence-electron chi connectivity index (χ1n) is 6.83. The highest BCUT2D eigenvalue weighted by molar-refractivity contribution is 5.48. The zero-order valence-corrected chi connectivity index (χ0v) is 11.3. The van der Waals surface area contributed by atoms with Gasteiger partial charge in [-0.15, -0.1) is 0 Å². The molecule has 1 aromatic carbocycles. The van der Waals surface area contributed by atoms with Crippen LogP contribution >= 0.6 is 0 Å². The molecule has 100 valence electrons. The van der Waals surface area contributed by atoms with Gasteiger partial charge in [0, 0.05) is 25.3 Å². The molecule has 1 saturated heterocycles. The van der Waals surface area contributed by atoms with E-state index in [4.69, 9.17) is 5.73 Å². The highest BCUT2D eigenvalue weighted by atomic mass is 16.3. The van der Waals surface area contributed by atoms with Gasteiger partial charge in [0.2, 0.25) is 0 Å². The lowest BCUT2D eigenvalue weighted by atomic mass is 9.91. The second-order valence-corrected chi connectivity index (χ2v) is 5.69. The first-order chi connectivity index (χ1) is 8.60. The largest absolute Gasteiger partial charge is 0.387 e. The molecule has 1 fully saturated rings. The molecule has 18 heavy (non-hydrogen) atoms. The van der Waals surface area contributed by atoms with Crippen molar-refractivity contribution in [2.75, 3.05) is 24.5 Å². The van der Waals surface area contributed by atoms with E-state index in [0.29, 0.717) is 0 Å². The number of benzene rings is 1. The molecule has 2 rings (SSSR count). The number of anilines is 1. The summed E-state index contributed by atoms with van der Waals surface area (Å²) in [4.78, 5) is 2.44. The van der Waals surface area contributed by atoms with Gasteiger partial charge < -0.3 is 15.7 Å². The van der Waals surface area contributed by atoms with Crippen molar-refractivity contribution in [3.8, 4) is 0 Å². The summed E-state index contributed by atoms with van der Waals surface area (Å²) in [6.07, 6.45) is 0.777. The van der Waals surface area contributed by atoms with E-state index >= 15 is 0 Å². The average Bonchev–Trinajstić information content (AvgIpc) is 2.37. The molecule has 3 heteroatoms. The van der Waals surface area contributed by atoms with Crippen LogP contribution in [0.2, 0.25) is 0 Å². The van der Waals surface area contributed by atoms with Crippen LogP contribution < -0.4 is 10.6 Å². The van der Waals surface area contributed by atoms with E-state index in [0.717, 1.165) is 30.5 Å². The van der Waals surface area contributed by atoms with Gasteiger partial charge in [0.25, 0.3) is 0 Å². The number of aliphatic hydroxyl groups excluding tert-OH is 1. The van der Waals surface area contributed by atoms with Crippen LogP contribution in [0.3, 0.4) is 0 Å². The van der Waals surface area contributed by atoms with Crippen LogP contribution in [0.15, 0.2) is 24.3 Å². The Labute approximate surface area is 110 Å². The maximum absolute atomic E-state index is 9.68. The quantitative estimate of drug-likeness (QED) is 0.862. The molecular formula is C15H24N2O. The van der Waals surface area contributed by atoms with Crippen LogP contribution in [0.1, 0.15) is 31.9 Å². The monoisotopic (exact) mass is 248 g/mol. The summed E-state index contributed by atoms with van der Waals surface area (Å²) in [6, 6.07) is 8.16. The summed E-state index contributed by atoms with van der Waals surface area (Å²) in [5, 5.41) is 9.68. The third kappa shape index (κ3) is 3.03. The van der Waals surface area contributed by atoms with Crippen molar-refractivity contribution < 1.29 is 5.11 Å². The predicted octanol–water partition coefficient (Wildman–Crippen LogP) is 2.16. The SMILES string of the molecule is CC1CC(C)CN(c2ccc(C(O)CN)cc2)C1. The molecule has 1 aromatic rings. The summed E-state index contributed by atoms with van der Waals surface area (Å²) >= 11 is 0. The van der Waals surface area contributed by atoms with E-state index < -0.39 is 6.10 Å². The molecule has 0 saturated carbocycles. The molecule has 0 amide bonds. The van der Waals surface area contributed by atoms with Crippen molar-refractivity contribution in [1.82, 2.24) is 0 Å². The Kier molecular flexibility index (Phi) is 4.25. The molecule has 0 radical (unpaired) electrons. The lowest BCUT2D eigenvalue weighted by Crippen LogP contribution is -2.38. The normalized spacial score (nSPS) is 26.1. The molecule has 0 aromatic heterocycles. The van der Waals surface area contributed by atoms with E-state index in [1.54, 1.807) is 0 Å². The molecule has 1 heterocycles. The molecule has 1 aliphatic rings. The topological polar surface area (TPSA) is 49.5 Å². The van der Waals surface area contributed by atoms with Gasteiger partial charge in [0.05, 0.1) is 6.10 Å². The Hall–Kier alpha value is -1.06. The first-order valence-corrected chi connectivity index (χ1v) is 6.83. The van der Waals surface area contributed by atoms with Crippen LogP contribution in [0.4, 0.5) is 5.69 Å². The molecule has 3 N–H and O–H groups in total. The van der Waals surface area contributed by atoms with Crippen LogP contribution in [-0.2, 0) is 0 Å². The van der Waals surface area contributed by atoms with E-state index in [1.165, 1.54) is 12.1 Å². The highest BCUT2D eigenvalue weighted by Gasteiger charge is 2.21. The number of piperidine rings is 1. The fraction of sp³-hybridized carbons (Fsp3) is 0.600. The van der Waals surface area contributed by atoms with Crippen molar-refractivity contribution in [2.45, 2.75) is 26.4 Å². The number of nitrogens with two attached hydrogens (primary N) is 1. The first kappa shape index (κ1) is 13.4. The lowest BCUT2D eigenvalue weighted by Gasteiger charge is -2.36. The predicted molar refractivity (Wildman–Crippen MR) is 75.6 cm³/mol. The number of aliphatic hydroxyl groups is 1. The van der Waals surface area contributed by atoms with Crippen molar-refractivity contribution in [1.29, 1.82) is 0 Å². The minimum atomic E-state index is -0.543. The maximum Gasteiger partial charge on any atom is 0.0912 e. The minimum absolute atomic E-state index is 0.275. The second kappa shape index (κ2) is 5.72. The summed E-state index contributed by atoms with van der Waals surface area (Å²) < 4.78 is 0. The average molecular weight is 248 g/mol. The second-order valence-electron chi connectivity index (χ2n) is 5.69. The zero-order valence-electron chi connectivity index (χ0n) is 11.3. The Balaban J connectivity index is 2.09. The number of rotatable bonds is 3. The van der Waals surface area contributed by atoms with Gasteiger partial charge in [-0.1, -0.05) is 26.0 Å². The Morgan fingerprint density at radius 1 is 1.22 bits per heavy atom. The zero-order chi connectivity index (χ0) is 13.1. The molecule has 0 aliphatic carbocycles. The van der Waals surface area contributed by atoms with Gasteiger partial charge in [0.1, 0.15) is 0 Å². The summed E-state index contributed by atoms with van der Waals surface area (Å²) in [5.74, 6) is 1.51.